The zero-order valence-corrected chi connectivity index (χ0v) is 17.8. The maximum atomic E-state index is 9.34. The molecule has 4 aromatic rings. The summed E-state index contributed by atoms with van der Waals surface area (Å²) in [7, 11) is 0. The van der Waals surface area contributed by atoms with Crippen LogP contribution in [-0.4, -0.2) is 43.7 Å². The largest absolute Gasteiger partial charge is 0.474 e. The summed E-state index contributed by atoms with van der Waals surface area (Å²) >= 11 is 0. The van der Waals surface area contributed by atoms with Crippen molar-refractivity contribution in [2.75, 3.05) is 18.0 Å². The van der Waals surface area contributed by atoms with E-state index in [1.807, 2.05) is 53.5 Å². The molecule has 1 aliphatic rings. The number of nitriles is 1. The van der Waals surface area contributed by atoms with Crippen LogP contribution in [0, 0.1) is 11.3 Å². The molecule has 0 atom stereocenters. The number of aryl methyl sites for hydroxylation is 1. The van der Waals surface area contributed by atoms with E-state index in [0.29, 0.717) is 17.3 Å². The van der Waals surface area contributed by atoms with Gasteiger partial charge in [0.2, 0.25) is 11.8 Å². The van der Waals surface area contributed by atoms with Crippen LogP contribution < -0.4 is 9.64 Å². The summed E-state index contributed by atoms with van der Waals surface area (Å²) < 4.78 is 8.14. The Hall–Kier alpha value is -3.99. The minimum Gasteiger partial charge on any atom is -0.474 e. The van der Waals surface area contributed by atoms with Gasteiger partial charge in [0.25, 0.3) is 0 Å². The van der Waals surface area contributed by atoms with E-state index < -0.39 is 0 Å². The van der Waals surface area contributed by atoms with E-state index in [1.165, 1.54) is 6.33 Å². The predicted octanol–water partition coefficient (Wildman–Crippen LogP) is 3.69. The fourth-order valence-corrected chi connectivity index (χ4v) is 4.03. The topological polar surface area (TPSA) is 92.8 Å². The third kappa shape index (κ3) is 3.85. The van der Waals surface area contributed by atoms with Crippen molar-refractivity contribution in [3.8, 4) is 17.8 Å². The Morgan fingerprint density at radius 2 is 1.91 bits per heavy atom. The highest BCUT2D eigenvalue weighted by atomic mass is 16.5. The molecule has 0 amide bonds. The molecule has 8 heteroatoms. The molecule has 0 spiro atoms. The lowest BCUT2D eigenvalue weighted by molar-refractivity contribution is 0.163. The van der Waals surface area contributed by atoms with Gasteiger partial charge >= 0.3 is 0 Å². The number of fused-ring (bicyclic) bond motifs is 1. The monoisotopic (exact) mass is 425 g/mol. The first-order valence-electron chi connectivity index (χ1n) is 10.8. The van der Waals surface area contributed by atoms with Crippen LogP contribution in [0.25, 0.3) is 16.7 Å². The average molecular weight is 425 g/mol. The zero-order valence-electron chi connectivity index (χ0n) is 17.8. The lowest BCUT2D eigenvalue weighted by Gasteiger charge is -2.31. The fraction of sp³-hybridized carbons (Fsp3) is 0.292. The van der Waals surface area contributed by atoms with Gasteiger partial charge in [-0.25, -0.2) is 19.9 Å². The summed E-state index contributed by atoms with van der Waals surface area (Å²) in [5, 5.41) is 10.2. The Morgan fingerprint density at radius 1 is 1.09 bits per heavy atom. The van der Waals surface area contributed by atoms with Gasteiger partial charge in [-0.15, -0.1) is 0 Å². The van der Waals surface area contributed by atoms with Gasteiger partial charge in [0.15, 0.2) is 0 Å². The molecule has 1 fully saturated rings. The molecule has 4 heterocycles. The molecule has 0 aliphatic carbocycles. The number of anilines is 1. The van der Waals surface area contributed by atoms with Gasteiger partial charge in [-0.3, -0.25) is 0 Å². The van der Waals surface area contributed by atoms with Crippen LogP contribution in [0.1, 0.15) is 30.9 Å². The second-order valence-electron chi connectivity index (χ2n) is 7.80. The van der Waals surface area contributed by atoms with Gasteiger partial charge in [0, 0.05) is 56.0 Å². The molecule has 0 saturated carbocycles. The summed E-state index contributed by atoms with van der Waals surface area (Å²) in [5.41, 5.74) is 2.72. The van der Waals surface area contributed by atoms with Crippen molar-refractivity contribution in [2.45, 2.75) is 32.3 Å². The molecule has 0 unspecified atom stereocenters. The van der Waals surface area contributed by atoms with Crippen LogP contribution in [0.2, 0.25) is 0 Å². The van der Waals surface area contributed by atoms with Crippen molar-refractivity contribution in [3.05, 3.63) is 66.4 Å². The highest BCUT2D eigenvalue weighted by molar-refractivity contribution is 5.87. The second-order valence-corrected chi connectivity index (χ2v) is 7.80. The van der Waals surface area contributed by atoms with E-state index in [1.54, 1.807) is 0 Å². The van der Waals surface area contributed by atoms with E-state index in [2.05, 4.69) is 37.8 Å². The lowest BCUT2D eigenvalue weighted by Crippen LogP contribution is -2.39. The third-order valence-electron chi connectivity index (χ3n) is 5.84. The van der Waals surface area contributed by atoms with Gasteiger partial charge in [-0.05, 0) is 30.2 Å². The van der Waals surface area contributed by atoms with Crippen molar-refractivity contribution in [3.63, 3.8) is 0 Å². The molecule has 0 N–H and O–H groups in total. The van der Waals surface area contributed by atoms with Crippen molar-refractivity contribution in [1.82, 2.24) is 24.5 Å². The normalized spacial score (nSPS) is 14.4. The van der Waals surface area contributed by atoms with Gasteiger partial charge < -0.3 is 14.2 Å². The molecule has 1 aromatic carbocycles. The average Bonchev–Trinajstić information content (AvgIpc) is 3.29. The standard InChI is InChI=1S/C24H23N7O/c1-2-17-14-26-24(27-15-17)30-9-6-19(7-10-30)32-23-12-22(28-16-29-23)31-11-8-20-18(13-25)4-3-5-21(20)31/h3-5,8,11-12,14-16,19H,2,6-7,9-10H2,1H3. The molecular weight excluding hydrogens is 402 g/mol. The number of hydrogen-bond donors (Lipinski definition) is 0. The molecule has 1 aliphatic heterocycles. The Bertz CT molecular complexity index is 1270. The number of nitrogens with zero attached hydrogens (tertiary/aromatic N) is 7. The molecular formula is C24H23N7O. The maximum Gasteiger partial charge on any atom is 0.225 e. The Balaban J connectivity index is 1.28. The Labute approximate surface area is 186 Å². The number of piperidine rings is 1. The summed E-state index contributed by atoms with van der Waals surface area (Å²) in [5.74, 6) is 2.04. The molecule has 3 aromatic heterocycles. The quantitative estimate of drug-likeness (QED) is 0.481. The first kappa shape index (κ1) is 19.9. The minimum atomic E-state index is 0.0792. The molecule has 8 nitrogen and oxygen atoms in total. The zero-order chi connectivity index (χ0) is 21.9. The predicted molar refractivity (Wildman–Crippen MR) is 121 cm³/mol. The van der Waals surface area contributed by atoms with E-state index in [-0.39, 0.29) is 6.10 Å². The summed E-state index contributed by atoms with van der Waals surface area (Å²) in [6, 6.07) is 11.7. The summed E-state index contributed by atoms with van der Waals surface area (Å²) in [6.07, 6.45) is 10.00. The number of benzene rings is 1. The molecule has 1 saturated heterocycles. The van der Waals surface area contributed by atoms with Gasteiger partial charge in [-0.2, -0.15) is 5.26 Å². The molecule has 5 rings (SSSR count). The van der Waals surface area contributed by atoms with Crippen LogP contribution in [0.4, 0.5) is 5.95 Å². The highest BCUT2D eigenvalue weighted by Crippen LogP contribution is 2.25. The van der Waals surface area contributed by atoms with Gasteiger partial charge in [-0.1, -0.05) is 13.0 Å². The molecule has 160 valence electrons. The van der Waals surface area contributed by atoms with Gasteiger partial charge in [0.05, 0.1) is 17.1 Å². The SMILES string of the molecule is CCc1cnc(N2CCC(Oc3cc(-n4ccc5c(C#N)cccc54)ncn3)CC2)nc1. The van der Waals surface area contributed by atoms with E-state index >= 15 is 0 Å². The highest BCUT2D eigenvalue weighted by Gasteiger charge is 2.23. The van der Waals surface area contributed by atoms with E-state index in [4.69, 9.17) is 4.74 Å². The van der Waals surface area contributed by atoms with Crippen LogP contribution in [0.15, 0.2) is 55.2 Å². The van der Waals surface area contributed by atoms with E-state index in [9.17, 15) is 5.26 Å². The smallest absolute Gasteiger partial charge is 0.225 e. The van der Waals surface area contributed by atoms with Crippen LogP contribution in [0.3, 0.4) is 0 Å². The lowest BCUT2D eigenvalue weighted by atomic mass is 10.1. The number of rotatable bonds is 5. The number of aromatic nitrogens is 5. The maximum absolute atomic E-state index is 9.34. The number of ether oxygens (including phenoxy) is 1. The summed E-state index contributed by atoms with van der Waals surface area (Å²) in [4.78, 5) is 19.9. The molecule has 0 radical (unpaired) electrons. The Morgan fingerprint density at radius 3 is 2.66 bits per heavy atom. The summed E-state index contributed by atoms with van der Waals surface area (Å²) in [6.45, 7) is 3.78. The van der Waals surface area contributed by atoms with Crippen LogP contribution in [0.5, 0.6) is 5.88 Å². The van der Waals surface area contributed by atoms with Gasteiger partial charge in [0.1, 0.15) is 18.2 Å². The van der Waals surface area contributed by atoms with Crippen molar-refractivity contribution >= 4 is 16.9 Å². The fourth-order valence-electron chi connectivity index (χ4n) is 4.03. The van der Waals surface area contributed by atoms with Crippen LogP contribution in [-0.2, 0) is 6.42 Å². The van der Waals surface area contributed by atoms with Crippen molar-refractivity contribution in [1.29, 1.82) is 5.26 Å². The van der Waals surface area contributed by atoms with E-state index in [0.717, 1.165) is 54.8 Å². The minimum absolute atomic E-state index is 0.0792. The first-order valence-corrected chi connectivity index (χ1v) is 10.8. The molecule has 32 heavy (non-hydrogen) atoms. The first-order chi connectivity index (χ1) is 15.7. The third-order valence-corrected chi connectivity index (χ3v) is 5.84. The van der Waals surface area contributed by atoms with Crippen molar-refractivity contribution < 1.29 is 4.74 Å². The number of hydrogen-bond acceptors (Lipinski definition) is 7. The van der Waals surface area contributed by atoms with Crippen LogP contribution >= 0.6 is 0 Å². The second kappa shape index (κ2) is 8.63. The molecule has 0 bridgehead atoms. The van der Waals surface area contributed by atoms with Crippen molar-refractivity contribution in [2.24, 2.45) is 0 Å². The Kier molecular flexibility index (Phi) is 5.38.